The van der Waals surface area contributed by atoms with Crippen LogP contribution in [0.3, 0.4) is 0 Å². The second kappa shape index (κ2) is 1.24. The topological polar surface area (TPSA) is 0 Å². The molecule has 1 rings (SSSR count). The van der Waals surface area contributed by atoms with E-state index in [1.54, 1.807) is 0 Å². The van der Waals surface area contributed by atoms with E-state index >= 15 is 0 Å². The lowest BCUT2D eigenvalue weighted by molar-refractivity contribution is 0.502. The monoisotopic (exact) mass is 98.1 g/mol. The quantitative estimate of drug-likeness (QED) is 0.472. The highest BCUT2D eigenvalue weighted by molar-refractivity contribution is 4.94. The largest absolute Gasteiger partial charge is 0.0649 e. The van der Waals surface area contributed by atoms with E-state index in [0.717, 1.165) is 11.3 Å². The van der Waals surface area contributed by atoms with Gasteiger partial charge in [0.05, 0.1) is 0 Å². The summed E-state index contributed by atoms with van der Waals surface area (Å²) in [7, 11) is 0. The van der Waals surface area contributed by atoms with Gasteiger partial charge in [0.15, 0.2) is 0 Å². The van der Waals surface area contributed by atoms with Crippen LogP contribution in [0.1, 0.15) is 33.6 Å². The summed E-state index contributed by atoms with van der Waals surface area (Å²) in [5.74, 6) is 1.01. The van der Waals surface area contributed by atoms with Crippen LogP contribution in [0.2, 0.25) is 0 Å². The molecule has 0 nitrogen and oxygen atoms in total. The lowest BCUT2D eigenvalue weighted by atomic mass is 10.0. The van der Waals surface area contributed by atoms with Crippen LogP contribution in [0.4, 0.5) is 0 Å². The van der Waals surface area contributed by atoms with Gasteiger partial charge in [0.2, 0.25) is 0 Å². The van der Waals surface area contributed by atoms with Crippen molar-refractivity contribution >= 4 is 0 Å². The first-order chi connectivity index (χ1) is 3.19. The van der Waals surface area contributed by atoms with Gasteiger partial charge in [0, 0.05) is 0 Å². The maximum atomic E-state index is 2.37. The molecule has 0 saturated heterocycles. The molecule has 0 N–H and O–H groups in total. The molecule has 1 aliphatic carbocycles. The molecule has 0 spiro atoms. The second-order valence-corrected chi connectivity index (χ2v) is 3.11. The van der Waals surface area contributed by atoms with E-state index in [2.05, 4.69) is 20.8 Å². The van der Waals surface area contributed by atoms with Gasteiger partial charge in [-0.05, 0) is 17.8 Å². The summed E-state index contributed by atoms with van der Waals surface area (Å²) in [6.45, 7) is 6.99. The van der Waals surface area contributed by atoms with Gasteiger partial charge in [-0.1, -0.05) is 27.2 Å². The van der Waals surface area contributed by atoms with Crippen molar-refractivity contribution in [1.82, 2.24) is 0 Å². The number of hydrogen-bond acceptors (Lipinski definition) is 0. The van der Waals surface area contributed by atoms with Crippen LogP contribution < -0.4 is 0 Å². The van der Waals surface area contributed by atoms with Gasteiger partial charge in [-0.2, -0.15) is 0 Å². The molecule has 0 aromatic carbocycles. The fourth-order valence-corrected chi connectivity index (χ4v) is 1.13. The zero-order valence-corrected chi connectivity index (χ0v) is 5.49. The summed E-state index contributed by atoms with van der Waals surface area (Å²) in [6.07, 6.45) is 2.83. The lowest BCUT2D eigenvalue weighted by Crippen LogP contribution is -1.90. The first kappa shape index (κ1) is 5.14. The minimum Gasteiger partial charge on any atom is -0.0649 e. The molecule has 1 fully saturated rings. The minimum atomic E-state index is 0.750. The Kier molecular flexibility index (Phi) is 0.911. The predicted octanol–water partition coefficient (Wildman–Crippen LogP) is 2.44. The zero-order valence-electron chi connectivity index (χ0n) is 5.49. The number of rotatable bonds is 1. The molecule has 0 aromatic rings. The van der Waals surface area contributed by atoms with E-state index in [1.807, 2.05) is 0 Å². The Morgan fingerprint density at radius 2 is 2.14 bits per heavy atom. The fraction of sp³-hybridized carbons (Fsp3) is 1.00. The smallest absolute Gasteiger partial charge is 0.0300 e. The van der Waals surface area contributed by atoms with Crippen molar-refractivity contribution in [3.05, 3.63) is 0 Å². The van der Waals surface area contributed by atoms with Crippen molar-refractivity contribution in [2.75, 3.05) is 0 Å². The van der Waals surface area contributed by atoms with Gasteiger partial charge < -0.3 is 0 Å². The van der Waals surface area contributed by atoms with Crippen molar-refractivity contribution in [2.24, 2.45) is 11.3 Å². The van der Waals surface area contributed by atoms with E-state index < -0.39 is 0 Å². The molecule has 0 heteroatoms. The summed E-state index contributed by atoms with van der Waals surface area (Å²) in [6, 6.07) is 0. The Bertz CT molecular complexity index is 72.1. The van der Waals surface area contributed by atoms with Crippen LogP contribution in [-0.2, 0) is 0 Å². The van der Waals surface area contributed by atoms with Gasteiger partial charge in [-0.3, -0.25) is 0 Å². The van der Waals surface area contributed by atoms with Crippen molar-refractivity contribution in [1.29, 1.82) is 0 Å². The Morgan fingerprint density at radius 1 is 1.71 bits per heavy atom. The van der Waals surface area contributed by atoms with E-state index in [0.29, 0.717) is 0 Å². The highest BCUT2D eigenvalue weighted by Gasteiger charge is 2.44. The maximum absolute atomic E-state index is 2.37. The number of hydrogen-bond donors (Lipinski definition) is 0. The average molecular weight is 98.2 g/mol. The Morgan fingerprint density at radius 3 is 2.14 bits per heavy atom. The molecule has 1 aliphatic rings. The molecule has 7 heavy (non-hydrogen) atoms. The molecule has 0 heterocycles. The Balaban J connectivity index is 2.36. The standard InChI is InChI=1S/C7H14/c1-4-7(3)5-6(7)2/h6H,4-5H2,1-3H3/t6-,7+/m0/s1. The van der Waals surface area contributed by atoms with Gasteiger partial charge in [-0.15, -0.1) is 0 Å². The predicted molar refractivity (Wildman–Crippen MR) is 32.2 cm³/mol. The third-order valence-corrected chi connectivity index (χ3v) is 2.61. The molecule has 0 aromatic heterocycles. The van der Waals surface area contributed by atoms with Crippen molar-refractivity contribution < 1.29 is 0 Å². The summed E-state index contributed by atoms with van der Waals surface area (Å²) >= 11 is 0. The summed E-state index contributed by atoms with van der Waals surface area (Å²) in [5.41, 5.74) is 0.750. The molecular weight excluding hydrogens is 84.1 g/mol. The van der Waals surface area contributed by atoms with Crippen molar-refractivity contribution in [2.45, 2.75) is 33.6 Å². The van der Waals surface area contributed by atoms with Crippen LogP contribution in [-0.4, -0.2) is 0 Å². The zero-order chi connectivity index (χ0) is 5.49. The normalized spacial score (nSPS) is 49.3. The van der Waals surface area contributed by atoms with Gasteiger partial charge >= 0.3 is 0 Å². The SMILES string of the molecule is CC[C@]1(C)C[C@@H]1C. The Hall–Kier alpha value is 0. The first-order valence-corrected chi connectivity index (χ1v) is 3.19. The van der Waals surface area contributed by atoms with Crippen molar-refractivity contribution in [3.8, 4) is 0 Å². The second-order valence-electron chi connectivity index (χ2n) is 3.11. The molecule has 1 saturated carbocycles. The molecule has 0 unspecified atom stereocenters. The van der Waals surface area contributed by atoms with Crippen LogP contribution >= 0.6 is 0 Å². The molecule has 0 aliphatic heterocycles. The van der Waals surface area contributed by atoms with E-state index in [9.17, 15) is 0 Å². The van der Waals surface area contributed by atoms with E-state index in [4.69, 9.17) is 0 Å². The van der Waals surface area contributed by atoms with E-state index in [-0.39, 0.29) is 0 Å². The average Bonchev–Trinajstić information content (AvgIpc) is 2.18. The lowest BCUT2D eigenvalue weighted by Gasteiger charge is -2.00. The van der Waals surface area contributed by atoms with Crippen LogP contribution in [0.25, 0.3) is 0 Å². The molecular formula is C7H14. The van der Waals surface area contributed by atoms with Crippen molar-refractivity contribution in [3.63, 3.8) is 0 Å². The van der Waals surface area contributed by atoms with Gasteiger partial charge in [0.25, 0.3) is 0 Å². The molecule has 42 valence electrons. The first-order valence-electron chi connectivity index (χ1n) is 3.19. The third kappa shape index (κ3) is 0.667. The summed E-state index contributed by atoms with van der Waals surface area (Å²) < 4.78 is 0. The third-order valence-electron chi connectivity index (χ3n) is 2.61. The molecule has 0 bridgehead atoms. The van der Waals surface area contributed by atoms with Gasteiger partial charge in [-0.25, -0.2) is 0 Å². The fourth-order valence-electron chi connectivity index (χ4n) is 1.13. The van der Waals surface area contributed by atoms with Crippen LogP contribution in [0, 0.1) is 11.3 Å². The summed E-state index contributed by atoms with van der Waals surface area (Å²) in [5, 5.41) is 0. The summed E-state index contributed by atoms with van der Waals surface area (Å²) in [4.78, 5) is 0. The highest BCUT2D eigenvalue weighted by atomic mass is 14.5. The molecule has 0 amide bonds. The minimum absolute atomic E-state index is 0.750. The highest BCUT2D eigenvalue weighted by Crippen LogP contribution is 2.53. The van der Waals surface area contributed by atoms with Crippen LogP contribution in [0.15, 0.2) is 0 Å². The van der Waals surface area contributed by atoms with Crippen LogP contribution in [0.5, 0.6) is 0 Å². The maximum Gasteiger partial charge on any atom is -0.0300 e. The molecule has 2 atom stereocenters. The van der Waals surface area contributed by atoms with E-state index in [1.165, 1.54) is 12.8 Å². The Labute approximate surface area is 45.9 Å². The molecule has 0 radical (unpaired) electrons. The van der Waals surface area contributed by atoms with Gasteiger partial charge in [0.1, 0.15) is 0 Å².